The molecule has 0 saturated heterocycles. The molecule has 124 valence electrons. The number of anilines is 1. The van der Waals surface area contributed by atoms with E-state index in [0.29, 0.717) is 16.8 Å². The molecular weight excluding hydrogens is 344 g/mol. The predicted octanol–water partition coefficient (Wildman–Crippen LogP) is 4.48. The lowest BCUT2D eigenvalue weighted by Crippen LogP contribution is -2.11. The molecule has 2 aromatic heterocycles. The fraction of sp³-hybridized carbons (Fsp3) is 0. The first-order valence-corrected chi connectivity index (χ1v) is 8.68. The molecule has 2 heterocycles. The minimum Gasteiger partial charge on any atom is -0.322 e. The zero-order chi connectivity index (χ0) is 17.9. The number of rotatable bonds is 3. The van der Waals surface area contributed by atoms with E-state index in [9.17, 15) is 4.79 Å². The van der Waals surface area contributed by atoms with Crippen LogP contribution in [0.5, 0.6) is 0 Å². The van der Waals surface area contributed by atoms with Gasteiger partial charge in [0.05, 0.1) is 11.6 Å². The molecule has 26 heavy (non-hydrogen) atoms. The SMILES string of the molecule is N#Cc1ccc(C(=O)Nc2ccc(-c3nc4cccnc4s3)cc2)cc1. The number of thiazole rings is 1. The van der Waals surface area contributed by atoms with Crippen LogP contribution in [0.25, 0.3) is 20.9 Å². The van der Waals surface area contributed by atoms with E-state index >= 15 is 0 Å². The Kier molecular flexibility index (Phi) is 4.14. The van der Waals surface area contributed by atoms with Crippen LogP contribution in [-0.4, -0.2) is 15.9 Å². The van der Waals surface area contributed by atoms with Gasteiger partial charge in [-0.25, -0.2) is 9.97 Å². The molecule has 0 bridgehead atoms. The second-order valence-corrected chi connectivity index (χ2v) is 6.54. The Morgan fingerprint density at radius 2 is 1.81 bits per heavy atom. The van der Waals surface area contributed by atoms with Gasteiger partial charge >= 0.3 is 0 Å². The zero-order valence-electron chi connectivity index (χ0n) is 13.5. The molecule has 0 aliphatic carbocycles. The minimum absolute atomic E-state index is 0.216. The van der Waals surface area contributed by atoms with Gasteiger partial charge in [-0.05, 0) is 60.7 Å². The summed E-state index contributed by atoms with van der Waals surface area (Å²) in [6.07, 6.45) is 1.76. The summed E-state index contributed by atoms with van der Waals surface area (Å²) < 4.78 is 0. The first kappa shape index (κ1) is 15.9. The number of carbonyl (C=O) groups is 1. The van der Waals surface area contributed by atoms with E-state index < -0.39 is 0 Å². The van der Waals surface area contributed by atoms with E-state index in [2.05, 4.69) is 15.3 Å². The van der Waals surface area contributed by atoms with Crippen molar-refractivity contribution in [2.45, 2.75) is 0 Å². The Morgan fingerprint density at radius 1 is 1.04 bits per heavy atom. The van der Waals surface area contributed by atoms with Gasteiger partial charge in [-0.3, -0.25) is 4.79 Å². The highest BCUT2D eigenvalue weighted by Gasteiger charge is 2.09. The summed E-state index contributed by atoms with van der Waals surface area (Å²) in [5.74, 6) is -0.216. The Bertz CT molecular complexity index is 1090. The number of amides is 1. The van der Waals surface area contributed by atoms with E-state index in [0.717, 1.165) is 20.9 Å². The van der Waals surface area contributed by atoms with Crippen molar-refractivity contribution in [2.75, 3.05) is 5.32 Å². The van der Waals surface area contributed by atoms with Gasteiger partial charge in [0.25, 0.3) is 5.91 Å². The molecule has 0 radical (unpaired) electrons. The Labute approximate surface area is 153 Å². The topological polar surface area (TPSA) is 78.7 Å². The number of benzene rings is 2. The van der Waals surface area contributed by atoms with Crippen LogP contribution in [0.2, 0.25) is 0 Å². The van der Waals surface area contributed by atoms with Crippen molar-refractivity contribution >= 4 is 33.3 Å². The highest BCUT2D eigenvalue weighted by molar-refractivity contribution is 7.21. The molecule has 5 nitrogen and oxygen atoms in total. The van der Waals surface area contributed by atoms with Crippen molar-refractivity contribution in [3.63, 3.8) is 0 Å². The molecule has 6 heteroatoms. The molecule has 0 fully saturated rings. The maximum absolute atomic E-state index is 12.3. The lowest BCUT2D eigenvalue weighted by Gasteiger charge is -2.06. The number of fused-ring (bicyclic) bond motifs is 1. The first-order chi connectivity index (χ1) is 12.7. The van der Waals surface area contributed by atoms with Crippen molar-refractivity contribution in [3.8, 4) is 16.6 Å². The number of hydrogen-bond acceptors (Lipinski definition) is 5. The average Bonchev–Trinajstić information content (AvgIpc) is 3.13. The van der Waals surface area contributed by atoms with Gasteiger partial charge in [-0.2, -0.15) is 5.26 Å². The lowest BCUT2D eigenvalue weighted by atomic mass is 10.1. The second kappa shape index (κ2) is 6.75. The summed E-state index contributed by atoms with van der Waals surface area (Å²) in [6.45, 7) is 0. The Morgan fingerprint density at radius 3 is 2.50 bits per heavy atom. The van der Waals surface area contributed by atoms with E-state index in [1.165, 1.54) is 11.3 Å². The third-order valence-corrected chi connectivity index (χ3v) is 4.86. The Balaban J connectivity index is 1.52. The van der Waals surface area contributed by atoms with Crippen LogP contribution in [0.1, 0.15) is 15.9 Å². The molecule has 0 atom stereocenters. The van der Waals surface area contributed by atoms with E-state index in [4.69, 9.17) is 5.26 Å². The zero-order valence-corrected chi connectivity index (χ0v) is 14.3. The number of carbonyl (C=O) groups excluding carboxylic acids is 1. The molecule has 0 aliphatic heterocycles. The third kappa shape index (κ3) is 3.16. The summed E-state index contributed by atoms with van der Waals surface area (Å²) in [5.41, 5.74) is 3.58. The lowest BCUT2D eigenvalue weighted by molar-refractivity contribution is 0.102. The molecule has 0 saturated carbocycles. The van der Waals surface area contributed by atoms with Crippen LogP contribution < -0.4 is 5.32 Å². The normalized spacial score (nSPS) is 10.4. The molecule has 2 aromatic carbocycles. The number of hydrogen-bond donors (Lipinski definition) is 1. The molecule has 0 aliphatic rings. The van der Waals surface area contributed by atoms with E-state index in [1.807, 2.05) is 42.5 Å². The van der Waals surface area contributed by atoms with E-state index in [-0.39, 0.29) is 5.91 Å². The van der Waals surface area contributed by atoms with Gasteiger partial charge in [0, 0.05) is 23.0 Å². The highest BCUT2D eigenvalue weighted by Crippen LogP contribution is 2.29. The third-order valence-electron chi connectivity index (χ3n) is 3.83. The maximum atomic E-state index is 12.3. The summed E-state index contributed by atoms with van der Waals surface area (Å²) in [5, 5.41) is 12.6. The summed E-state index contributed by atoms with van der Waals surface area (Å²) in [6, 6.07) is 19.9. The van der Waals surface area contributed by atoms with Crippen LogP contribution in [0.4, 0.5) is 5.69 Å². The van der Waals surface area contributed by atoms with Gasteiger partial charge in [-0.15, -0.1) is 0 Å². The van der Waals surface area contributed by atoms with Crippen molar-refractivity contribution < 1.29 is 4.79 Å². The van der Waals surface area contributed by atoms with Gasteiger partial charge in [0.1, 0.15) is 15.4 Å². The molecular formula is C20H12N4OS. The number of aromatic nitrogens is 2. The summed E-state index contributed by atoms with van der Waals surface area (Å²) in [4.78, 5) is 22.1. The van der Waals surface area contributed by atoms with Crippen molar-refractivity contribution in [1.82, 2.24) is 9.97 Å². The molecule has 4 rings (SSSR count). The van der Waals surface area contributed by atoms with Gasteiger partial charge in [-0.1, -0.05) is 11.3 Å². The van der Waals surface area contributed by atoms with Crippen molar-refractivity contribution in [1.29, 1.82) is 5.26 Å². The van der Waals surface area contributed by atoms with Gasteiger partial charge < -0.3 is 5.32 Å². The number of nitrogens with one attached hydrogen (secondary N) is 1. The second-order valence-electron chi connectivity index (χ2n) is 5.57. The molecule has 0 spiro atoms. The van der Waals surface area contributed by atoms with Gasteiger partial charge in [0.2, 0.25) is 0 Å². The number of nitriles is 1. The molecule has 0 unspecified atom stereocenters. The van der Waals surface area contributed by atoms with Crippen molar-refractivity contribution in [2.24, 2.45) is 0 Å². The standard InChI is InChI=1S/C20H12N4OS/c21-12-13-3-5-14(6-4-13)18(25)23-16-9-7-15(8-10-16)19-24-17-2-1-11-22-20(17)26-19/h1-11H,(H,23,25). The monoisotopic (exact) mass is 356 g/mol. The van der Waals surface area contributed by atoms with Crippen LogP contribution in [0, 0.1) is 11.3 Å². The van der Waals surface area contributed by atoms with E-state index in [1.54, 1.807) is 30.5 Å². The minimum atomic E-state index is -0.216. The maximum Gasteiger partial charge on any atom is 0.255 e. The summed E-state index contributed by atoms with van der Waals surface area (Å²) in [7, 11) is 0. The number of nitrogens with zero attached hydrogens (tertiary/aromatic N) is 3. The fourth-order valence-electron chi connectivity index (χ4n) is 2.49. The van der Waals surface area contributed by atoms with Crippen LogP contribution in [0.3, 0.4) is 0 Å². The summed E-state index contributed by atoms with van der Waals surface area (Å²) >= 11 is 1.53. The molecule has 4 aromatic rings. The highest BCUT2D eigenvalue weighted by atomic mass is 32.1. The predicted molar refractivity (Wildman–Crippen MR) is 102 cm³/mol. The first-order valence-electron chi connectivity index (χ1n) is 7.86. The Hall–Kier alpha value is -3.56. The van der Waals surface area contributed by atoms with Gasteiger partial charge in [0.15, 0.2) is 0 Å². The van der Waals surface area contributed by atoms with Crippen LogP contribution in [0.15, 0.2) is 66.9 Å². The number of pyridine rings is 1. The smallest absolute Gasteiger partial charge is 0.255 e. The fourth-order valence-corrected chi connectivity index (χ4v) is 3.40. The quantitative estimate of drug-likeness (QED) is 0.587. The molecule has 1 amide bonds. The average molecular weight is 356 g/mol. The van der Waals surface area contributed by atoms with Crippen LogP contribution in [-0.2, 0) is 0 Å². The molecule has 1 N–H and O–H groups in total. The van der Waals surface area contributed by atoms with Crippen molar-refractivity contribution in [3.05, 3.63) is 78.0 Å². The van der Waals surface area contributed by atoms with Crippen LogP contribution >= 0.6 is 11.3 Å². The largest absolute Gasteiger partial charge is 0.322 e.